The summed E-state index contributed by atoms with van der Waals surface area (Å²) in [5, 5.41) is -2.66. The van der Waals surface area contributed by atoms with Crippen LogP contribution in [0.25, 0.3) is 10.8 Å². The number of rotatable bonds is 4. The molecule has 19 heavy (non-hydrogen) atoms. The molecule has 2 rings (SSSR count). The van der Waals surface area contributed by atoms with Gasteiger partial charge in [0, 0.05) is 0 Å². The number of alkyl halides is 2. The van der Waals surface area contributed by atoms with E-state index in [0.29, 0.717) is 0 Å². The molecule has 102 valence electrons. The van der Waals surface area contributed by atoms with E-state index in [-0.39, 0.29) is 5.75 Å². The zero-order valence-corrected chi connectivity index (χ0v) is 10.4. The molecule has 0 bridgehead atoms. The SMILES string of the molecule is O=S(=O)(O)C(F)(F)COc1ccc2ccccc2c1. The summed E-state index contributed by atoms with van der Waals surface area (Å²) in [5.74, 6) is 0.0991. The lowest BCUT2D eigenvalue weighted by atomic mass is 10.1. The second kappa shape index (κ2) is 4.75. The topological polar surface area (TPSA) is 63.6 Å². The predicted octanol–water partition coefficient (Wildman–Crippen LogP) is 2.70. The third kappa shape index (κ3) is 2.99. The highest BCUT2D eigenvalue weighted by Crippen LogP contribution is 2.25. The molecule has 4 nitrogen and oxygen atoms in total. The predicted molar refractivity (Wildman–Crippen MR) is 65.9 cm³/mol. The van der Waals surface area contributed by atoms with Crippen LogP contribution >= 0.6 is 0 Å². The molecule has 7 heteroatoms. The van der Waals surface area contributed by atoms with E-state index in [0.717, 1.165) is 10.8 Å². The van der Waals surface area contributed by atoms with Crippen molar-refractivity contribution in [2.45, 2.75) is 5.25 Å². The smallest absolute Gasteiger partial charge is 0.402 e. The van der Waals surface area contributed by atoms with Gasteiger partial charge in [-0.2, -0.15) is 17.2 Å². The Bertz CT molecular complexity index is 698. The molecule has 0 amide bonds. The van der Waals surface area contributed by atoms with Crippen LogP contribution in [0.5, 0.6) is 5.75 Å². The van der Waals surface area contributed by atoms with Gasteiger partial charge >= 0.3 is 15.4 Å². The maximum atomic E-state index is 13.0. The second-order valence-corrected chi connectivity index (χ2v) is 5.46. The van der Waals surface area contributed by atoms with Gasteiger partial charge < -0.3 is 4.74 Å². The van der Waals surface area contributed by atoms with E-state index in [1.165, 1.54) is 12.1 Å². The van der Waals surface area contributed by atoms with Crippen LogP contribution in [0.15, 0.2) is 42.5 Å². The summed E-state index contributed by atoms with van der Waals surface area (Å²) >= 11 is 0. The molecule has 0 aromatic heterocycles. The number of benzene rings is 2. The first-order valence-corrected chi connectivity index (χ1v) is 6.70. The van der Waals surface area contributed by atoms with Crippen molar-refractivity contribution in [3.05, 3.63) is 42.5 Å². The Labute approximate surface area is 108 Å². The molecule has 0 aliphatic heterocycles. The van der Waals surface area contributed by atoms with Gasteiger partial charge in [0.15, 0.2) is 6.61 Å². The minimum atomic E-state index is -5.47. The average molecular weight is 288 g/mol. The Morgan fingerprint density at radius 1 is 1.11 bits per heavy atom. The monoisotopic (exact) mass is 288 g/mol. The molecule has 0 saturated heterocycles. The highest BCUT2D eigenvalue weighted by atomic mass is 32.2. The van der Waals surface area contributed by atoms with Crippen LogP contribution < -0.4 is 4.74 Å². The number of ether oxygens (including phenoxy) is 1. The Hall–Kier alpha value is -1.73. The molecular formula is C12H10F2O4S. The maximum Gasteiger partial charge on any atom is 0.402 e. The van der Waals surface area contributed by atoms with Crippen LogP contribution in [0.2, 0.25) is 0 Å². The third-order valence-electron chi connectivity index (χ3n) is 2.51. The van der Waals surface area contributed by atoms with E-state index in [9.17, 15) is 17.2 Å². The fourth-order valence-electron chi connectivity index (χ4n) is 1.50. The van der Waals surface area contributed by atoms with Crippen molar-refractivity contribution in [2.75, 3.05) is 6.61 Å². The fourth-order valence-corrected chi connectivity index (χ4v) is 1.71. The molecule has 0 saturated carbocycles. The van der Waals surface area contributed by atoms with Crippen molar-refractivity contribution in [2.24, 2.45) is 0 Å². The lowest BCUT2D eigenvalue weighted by Gasteiger charge is -2.14. The van der Waals surface area contributed by atoms with Crippen LogP contribution in [0.3, 0.4) is 0 Å². The van der Waals surface area contributed by atoms with Gasteiger partial charge in [-0.1, -0.05) is 30.3 Å². The van der Waals surface area contributed by atoms with Crippen molar-refractivity contribution in [1.29, 1.82) is 0 Å². The van der Waals surface area contributed by atoms with Gasteiger partial charge in [0.25, 0.3) is 0 Å². The van der Waals surface area contributed by atoms with Gasteiger partial charge in [-0.15, -0.1) is 0 Å². The van der Waals surface area contributed by atoms with Crippen LogP contribution in [0.4, 0.5) is 8.78 Å². The highest BCUT2D eigenvalue weighted by Gasteiger charge is 2.45. The highest BCUT2D eigenvalue weighted by molar-refractivity contribution is 7.86. The molecule has 2 aromatic rings. The summed E-state index contributed by atoms with van der Waals surface area (Å²) in [5.41, 5.74) is 0. The normalized spacial score (nSPS) is 12.6. The van der Waals surface area contributed by atoms with Gasteiger partial charge in [-0.25, -0.2) is 0 Å². The van der Waals surface area contributed by atoms with Gasteiger partial charge in [-0.3, -0.25) is 4.55 Å². The standard InChI is InChI=1S/C12H10F2O4S/c13-12(14,19(15,16)17)8-18-11-6-5-9-3-1-2-4-10(9)7-11/h1-7H,8H2,(H,15,16,17). The lowest BCUT2D eigenvalue weighted by Crippen LogP contribution is -2.34. The van der Waals surface area contributed by atoms with E-state index in [4.69, 9.17) is 9.29 Å². The average Bonchev–Trinajstić information content (AvgIpc) is 2.35. The molecule has 2 aromatic carbocycles. The minimum Gasteiger partial charge on any atom is -0.486 e. The quantitative estimate of drug-likeness (QED) is 0.879. The van der Waals surface area contributed by atoms with Crippen molar-refractivity contribution in [3.63, 3.8) is 0 Å². The van der Waals surface area contributed by atoms with Crippen molar-refractivity contribution in [1.82, 2.24) is 0 Å². The summed E-state index contributed by atoms with van der Waals surface area (Å²) in [6.45, 7) is -1.44. The number of halogens is 2. The van der Waals surface area contributed by atoms with Gasteiger partial charge in [-0.05, 0) is 22.9 Å². The van der Waals surface area contributed by atoms with Crippen LogP contribution in [-0.4, -0.2) is 24.8 Å². The van der Waals surface area contributed by atoms with E-state index in [2.05, 4.69) is 0 Å². The molecule has 0 atom stereocenters. The summed E-state index contributed by atoms with van der Waals surface area (Å²) in [6.07, 6.45) is 0. The van der Waals surface area contributed by atoms with Crippen LogP contribution in [-0.2, 0) is 10.1 Å². The van der Waals surface area contributed by atoms with E-state index < -0.39 is 22.0 Å². The molecule has 0 aliphatic carbocycles. The Morgan fingerprint density at radius 2 is 1.74 bits per heavy atom. The molecular weight excluding hydrogens is 278 g/mol. The number of fused-ring (bicyclic) bond motifs is 1. The first kappa shape index (κ1) is 13.7. The van der Waals surface area contributed by atoms with Crippen molar-refractivity contribution >= 4 is 20.9 Å². The molecule has 0 radical (unpaired) electrons. The van der Waals surface area contributed by atoms with Gasteiger partial charge in [0.05, 0.1) is 0 Å². The molecule has 1 N–H and O–H groups in total. The molecule has 0 unspecified atom stereocenters. The number of hydrogen-bond donors (Lipinski definition) is 1. The first-order chi connectivity index (χ1) is 8.79. The third-order valence-corrected chi connectivity index (χ3v) is 3.38. The fraction of sp³-hybridized carbons (Fsp3) is 0.167. The Balaban J connectivity index is 2.19. The minimum absolute atomic E-state index is 0.0991. The molecule has 0 spiro atoms. The Morgan fingerprint density at radius 3 is 2.37 bits per heavy atom. The second-order valence-electron chi connectivity index (χ2n) is 3.91. The summed E-state index contributed by atoms with van der Waals surface area (Å²) in [6, 6.07) is 11.8. The lowest BCUT2D eigenvalue weighted by molar-refractivity contribution is 0.0289. The van der Waals surface area contributed by atoms with E-state index in [1.807, 2.05) is 12.1 Å². The summed E-state index contributed by atoms with van der Waals surface area (Å²) in [7, 11) is -5.47. The number of hydrogen-bond acceptors (Lipinski definition) is 3. The van der Waals surface area contributed by atoms with Crippen molar-refractivity contribution < 1.29 is 26.5 Å². The van der Waals surface area contributed by atoms with E-state index >= 15 is 0 Å². The molecule has 0 fully saturated rings. The largest absolute Gasteiger partial charge is 0.486 e. The molecule has 0 heterocycles. The maximum absolute atomic E-state index is 13.0. The zero-order chi connectivity index (χ0) is 14.1. The van der Waals surface area contributed by atoms with Gasteiger partial charge in [0.2, 0.25) is 0 Å². The summed E-state index contributed by atoms with van der Waals surface area (Å²) in [4.78, 5) is 0. The Kier molecular flexibility index (Phi) is 3.42. The summed E-state index contributed by atoms with van der Waals surface area (Å²) < 4.78 is 59.8. The van der Waals surface area contributed by atoms with Crippen LogP contribution in [0, 0.1) is 0 Å². The van der Waals surface area contributed by atoms with Gasteiger partial charge in [0.1, 0.15) is 5.75 Å². The molecule has 0 aliphatic rings. The zero-order valence-electron chi connectivity index (χ0n) is 9.58. The van der Waals surface area contributed by atoms with Crippen molar-refractivity contribution in [3.8, 4) is 5.75 Å². The van der Waals surface area contributed by atoms with E-state index in [1.54, 1.807) is 18.2 Å². The first-order valence-electron chi connectivity index (χ1n) is 5.26. The van der Waals surface area contributed by atoms with Crippen LogP contribution in [0.1, 0.15) is 0 Å².